The smallest absolute Gasteiger partial charge is 0.243 e. The molecular formula is C24H23ClFN5O. The van der Waals surface area contributed by atoms with Crippen LogP contribution in [-0.2, 0) is 6.42 Å². The molecule has 2 N–H and O–H groups in total. The van der Waals surface area contributed by atoms with Crippen LogP contribution in [0.25, 0.3) is 6.08 Å². The number of fused-ring (bicyclic) bond motifs is 1. The van der Waals surface area contributed by atoms with Gasteiger partial charge in [0.1, 0.15) is 11.3 Å². The maximum atomic E-state index is 14.9. The number of piperazine rings is 1. The standard InChI is InChI=1S/C24H23ClFN5O/c1-15-12-16-2-7-20(22(26)19(16)13-15)32-24-21(25)23(28-14-29-24)30-17-3-5-18(6-4-17)31-10-8-27-9-11-31/h2-7,13-14,27H,8-12H2,1H3,(H,28,29,30). The van der Waals surface area contributed by atoms with E-state index in [1.165, 1.54) is 12.0 Å². The molecule has 32 heavy (non-hydrogen) atoms. The first-order valence-electron chi connectivity index (χ1n) is 10.6. The highest BCUT2D eigenvalue weighted by Crippen LogP contribution is 2.37. The fraction of sp³-hybridized carbons (Fsp3) is 0.250. The van der Waals surface area contributed by atoms with Crippen molar-refractivity contribution in [1.29, 1.82) is 0 Å². The van der Waals surface area contributed by atoms with Crippen LogP contribution in [0.15, 0.2) is 48.3 Å². The lowest BCUT2D eigenvalue weighted by Gasteiger charge is -2.29. The molecule has 0 bridgehead atoms. The van der Waals surface area contributed by atoms with E-state index in [0.717, 1.165) is 49.4 Å². The predicted molar refractivity (Wildman–Crippen MR) is 126 cm³/mol. The average Bonchev–Trinajstić information content (AvgIpc) is 3.20. The van der Waals surface area contributed by atoms with E-state index < -0.39 is 5.82 Å². The molecule has 5 rings (SSSR count). The fourth-order valence-corrected chi connectivity index (χ4v) is 4.21. The van der Waals surface area contributed by atoms with Crippen LogP contribution in [0.1, 0.15) is 18.1 Å². The number of anilines is 3. The topological polar surface area (TPSA) is 62.3 Å². The van der Waals surface area contributed by atoms with Gasteiger partial charge in [0, 0.05) is 43.1 Å². The highest BCUT2D eigenvalue weighted by atomic mass is 35.5. The van der Waals surface area contributed by atoms with Crippen molar-refractivity contribution in [3.05, 3.63) is 70.3 Å². The van der Waals surface area contributed by atoms with Gasteiger partial charge >= 0.3 is 0 Å². The van der Waals surface area contributed by atoms with Gasteiger partial charge in [-0.1, -0.05) is 29.3 Å². The highest BCUT2D eigenvalue weighted by molar-refractivity contribution is 6.34. The molecule has 2 heterocycles. The van der Waals surface area contributed by atoms with Crippen molar-refractivity contribution < 1.29 is 9.13 Å². The average molecular weight is 452 g/mol. The van der Waals surface area contributed by atoms with E-state index in [1.54, 1.807) is 6.07 Å². The lowest BCUT2D eigenvalue weighted by atomic mass is 10.1. The quantitative estimate of drug-likeness (QED) is 0.557. The van der Waals surface area contributed by atoms with Gasteiger partial charge in [0.15, 0.2) is 17.4 Å². The Kier molecular flexibility index (Phi) is 5.68. The van der Waals surface area contributed by atoms with Gasteiger partial charge in [0.25, 0.3) is 0 Å². The summed E-state index contributed by atoms with van der Waals surface area (Å²) in [7, 11) is 0. The van der Waals surface area contributed by atoms with Crippen molar-refractivity contribution in [2.24, 2.45) is 0 Å². The van der Waals surface area contributed by atoms with Crippen LogP contribution in [0.5, 0.6) is 11.6 Å². The van der Waals surface area contributed by atoms with Crippen molar-refractivity contribution in [3.8, 4) is 11.6 Å². The molecule has 3 aromatic rings. The lowest BCUT2D eigenvalue weighted by Crippen LogP contribution is -2.43. The number of rotatable bonds is 5. The van der Waals surface area contributed by atoms with Gasteiger partial charge in [-0.25, -0.2) is 9.37 Å². The number of hydrogen-bond acceptors (Lipinski definition) is 6. The minimum Gasteiger partial charge on any atom is -0.434 e. The van der Waals surface area contributed by atoms with Crippen LogP contribution in [-0.4, -0.2) is 36.1 Å². The van der Waals surface area contributed by atoms with Gasteiger partial charge in [-0.3, -0.25) is 0 Å². The van der Waals surface area contributed by atoms with E-state index in [1.807, 2.05) is 31.2 Å². The van der Waals surface area contributed by atoms with Crippen LogP contribution in [0.4, 0.5) is 21.6 Å². The van der Waals surface area contributed by atoms with E-state index in [-0.39, 0.29) is 16.7 Å². The molecule has 0 radical (unpaired) electrons. The Labute approximate surface area is 191 Å². The summed E-state index contributed by atoms with van der Waals surface area (Å²) in [4.78, 5) is 10.7. The van der Waals surface area contributed by atoms with E-state index in [9.17, 15) is 4.39 Å². The Morgan fingerprint density at radius 1 is 1.09 bits per heavy atom. The van der Waals surface area contributed by atoms with Crippen molar-refractivity contribution in [1.82, 2.24) is 15.3 Å². The van der Waals surface area contributed by atoms with Gasteiger partial charge in [-0.15, -0.1) is 0 Å². The molecule has 0 saturated carbocycles. The number of nitrogens with zero attached hydrogens (tertiary/aromatic N) is 3. The Bertz CT molecular complexity index is 1180. The third kappa shape index (κ3) is 4.13. The van der Waals surface area contributed by atoms with Crippen molar-refractivity contribution in [2.45, 2.75) is 13.3 Å². The fourth-order valence-electron chi connectivity index (χ4n) is 4.03. The number of hydrogen-bond donors (Lipinski definition) is 2. The minimum atomic E-state index is -0.410. The number of ether oxygens (including phenoxy) is 1. The monoisotopic (exact) mass is 451 g/mol. The van der Waals surface area contributed by atoms with Crippen molar-refractivity contribution >= 4 is 34.9 Å². The molecule has 6 nitrogen and oxygen atoms in total. The second-order valence-corrected chi connectivity index (χ2v) is 8.35. The molecular weight excluding hydrogens is 429 g/mol. The second-order valence-electron chi connectivity index (χ2n) is 7.97. The van der Waals surface area contributed by atoms with Gasteiger partial charge in [0.2, 0.25) is 5.88 Å². The molecule has 1 aromatic heterocycles. The normalized spacial score (nSPS) is 15.3. The van der Waals surface area contributed by atoms with Crippen LogP contribution < -0.4 is 20.3 Å². The minimum absolute atomic E-state index is 0.0848. The number of benzene rings is 2. The molecule has 0 atom stereocenters. The molecule has 1 aliphatic carbocycles. The summed E-state index contributed by atoms with van der Waals surface area (Å²) in [6.07, 6.45) is 3.94. The molecule has 2 aromatic carbocycles. The van der Waals surface area contributed by atoms with E-state index in [2.05, 4.69) is 37.6 Å². The maximum Gasteiger partial charge on any atom is 0.243 e. The van der Waals surface area contributed by atoms with Gasteiger partial charge < -0.3 is 20.3 Å². The second kappa shape index (κ2) is 8.76. The van der Waals surface area contributed by atoms with Crippen molar-refractivity contribution in [2.75, 3.05) is 36.4 Å². The Morgan fingerprint density at radius 3 is 2.66 bits per heavy atom. The summed E-state index contributed by atoms with van der Waals surface area (Å²) >= 11 is 6.49. The van der Waals surface area contributed by atoms with Gasteiger partial charge in [-0.2, -0.15) is 4.98 Å². The van der Waals surface area contributed by atoms with E-state index in [4.69, 9.17) is 16.3 Å². The highest BCUT2D eigenvalue weighted by Gasteiger charge is 2.20. The molecule has 164 valence electrons. The first kappa shape index (κ1) is 20.7. The number of halogens is 2. The predicted octanol–water partition coefficient (Wildman–Crippen LogP) is 5.17. The summed E-state index contributed by atoms with van der Waals surface area (Å²) in [5.74, 6) is 0.164. The Hall–Kier alpha value is -3.16. The Balaban J connectivity index is 1.34. The molecule has 2 aliphatic rings. The molecule has 1 saturated heterocycles. The van der Waals surface area contributed by atoms with Gasteiger partial charge in [-0.05, 0) is 49.2 Å². The summed E-state index contributed by atoms with van der Waals surface area (Å²) < 4.78 is 20.7. The van der Waals surface area contributed by atoms with Crippen LogP contribution in [0.2, 0.25) is 5.02 Å². The van der Waals surface area contributed by atoms with E-state index >= 15 is 0 Å². The molecule has 0 spiro atoms. The zero-order valence-corrected chi connectivity index (χ0v) is 18.4. The largest absolute Gasteiger partial charge is 0.434 e. The van der Waals surface area contributed by atoms with Crippen LogP contribution >= 0.6 is 11.6 Å². The number of aromatic nitrogens is 2. The molecule has 0 amide bonds. The third-order valence-electron chi connectivity index (χ3n) is 5.67. The van der Waals surface area contributed by atoms with E-state index in [0.29, 0.717) is 11.4 Å². The summed E-state index contributed by atoms with van der Waals surface area (Å²) in [6, 6.07) is 11.6. The third-order valence-corrected chi connectivity index (χ3v) is 6.01. The zero-order chi connectivity index (χ0) is 22.1. The molecule has 1 fully saturated rings. The molecule has 1 aliphatic heterocycles. The van der Waals surface area contributed by atoms with Crippen LogP contribution in [0, 0.1) is 5.82 Å². The lowest BCUT2D eigenvalue weighted by molar-refractivity contribution is 0.426. The maximum absolute atomic E-state index is 14.9. The SMILES string of the molecule is CC1=Cc2c(ccc(Oc3ncnc(Nc4ccc(N5CCNCC5)cc4)c3Cl)c2F)C1. The Morgan fingerprint density at radius 2 is 1.88 bits per heavy atom. The van der Waals surface area contributed by atoms with Gasteiger partial charge in [0.05, 0.1) is 0 Å². The number of nitrogens with one attached hydrogen (secondary N) is 2. The summed E-state index contributed by atoms with van der Waals surface area (Å²) in [6.45, 7) is 5.93. The summed E-state index contributed by atoms with van der Waals surface area (Å²) in [5.41, 5.74) is 4.64. The van der Waals surface area contributed by atoms with Crippen LogP contribution in [0.3, 0.4) is 0 Å². The molecule has 8 heteroatoms. The first-order valence-corrected chi connectivity index (χ1v) is 11.0. The number of allylic oxidation sites excluding steroid dienone is 1. The van der Waals surface area contributed by atoms with Crippen molar-refractivity contribution in [3.63, 3.8) is 0 Å². The summed E-state index contributed by atoms with van der Waals surface area (Å²) in [5, 5.41) is 6.73. The zero-order valence-electron chi connectivity index (χ0n) is 17.7. The molecule has 0 unspecified atom stereocenters. The first-order chi connectivity index (χ1) is 15.6.